The minimum Gasteiger partial charge on any atom is -0.371 e. The van der Waals surface area contributed by atoms with Crippen LogP contribution in [0.3, 0.4) is 0 Å². The van der Waals surface area contributed by atoms with Gasteiger partial charge in [0.15, 0.2) is 0 Å². The maximum atomic E-state index is 12.4. The number of fused-ring (bicyclic) bond motifs is 1. The summed E-state index contributed by atoms with van der Waals surface area (Å²) in [5.74, 6) is 0. The first-order chi connectivity index (χ1) is 10.3. The number of nitrogens with one attached hydrogen (secondary N) is 1. The highest BCUT2D eigenvalue weighted by Crippen LogP contribution is 2.32. The molecule has 4 heteroatoms. The average molecular weight is 287 g/mol. The summed E-state index contributed by atoms with van der Waals surface area (Å²) in [6, 6.07) is 6.70. The van der Waals surface area contributed by atoms with Gasteiger partial charge in [0.1, 0.15) is 0 Å². The summed E-state index contributed by atoms with van der Waals surface area (Å²) >= 11 is 0. The highest BCUT2D eigenvalue weighted by Gasteiger charge is 2.23. The maximum Gasteiger partial charge on any atom is 0.321 e. The average Bonchev–Trinajstić information content (AvgIpc) is 3.06. The number of carbonyl (C=O) groups excluding carboxylic acids is 1. The van der Waals surface area contributed by atoms with E-state index in [0.717, 1.165) is 51.1 Å². The van der Waals surface area contributed by atoms with Gasteiger partial charge in [0.2, 0.25) is 0 Å². The lowest BCUT2D eigenvalue weighted by molar-refractivity contribution is 0.246. The second-order valence-corrected chi connectivity index (χ2v) is 5.99. The molecule has 0 spiro atoms. The van der Waals surface area contributed by atoms with Crippen LogP contribution in [0.1, 0.15) is 38.2 Å². The molecule has 0 bridgehead atoms. The quantitative estimate of drug-likeness (QED) is 0.927. The number of hydrogen-bond donors (Lipinski definition) is 1. The molecule has 0 saturated carbocycles. The minimum atomic E-state index is 0.0522. The number of nitrogens with zero attached hydrogens (tertiary/aromatic N) is 2. The number of benzene rings is 1. The molecular formula is C17H25N3O. The van der Waals surface area contributed by atoms with Gasteiger partial charge < -0.3 is 10.2 Å². The maximum absolute atomic E-state index is 12.4. The molecule has 2 heterocycles. The van der Waals surface area contributed by atoms with Gasteiger partial charge in [-0.3, -0.25) is 4.90 Å². The Kier molecular flexibility index (Phi) is 4.32. The molecule has 114 valence electrons. The fraction of sp³-hybridized carbons (Fsp3) is 0.588. The third-order valence-electron chi connectivity index (χ3n) is 4.43. The molecule has 2 aliphatic heterocycles. The summed E-state index contributed by atoms with van der Waals surface area (Å²) in [6.07, 6.45) is 5.65. The Morgan fingerprint density at radius 3 is 2.76 bits per heavy atom. The summed E-state index contributed by atoms with van der Waals surface area (Å²) in [5, 5.41) is 3.01. The summed E-state index contributed by atoms with van der Waals surface area (Å²) in [4.78, 5) is 16.7. The molecule has 21 heavy (non-hydrogen) atoms. The fourth-order valence-electron chi connectivity index (χ4n) is 3.27. The molecule has 0 aromatic heterocycles. The Bertz CT molecular complexity index is 509. The van der Waals surface area contributed by atoms with Crippen LogP contribution < -0.4 is 15.1 Å². The molecular weight excluding hydrogens is 262 g/mol. The van der Waals surface area contributed by atoms with Crippen LogP contribution >= 0.6 is 0 Å². The van der Waals surface area contributed by atoms with Crippen LogP contribution in [0.2, 0.25) is 0 Å². The van der Waals surface area contributed by atoms with Gasteiger partial charge in [0, 0.05) is 31.9 Å². The molecule has 1 fully saturated rings. The number of hydrogen-bond acceptors (Lipinski definition) is 2. The van der Waals surface area contributed by atoms with Crippen LogP contribution in [0.5, 0.6) is 0 Å². The SMILES string of the molecule is CCCNC(=O)N1CCCc2ccc(N3CCCC3)cc21. The third kappa shape index (κ3) is 2.99. The molecule has 0 atom stereocenters. The van der Waals surface area contributed by atoms with E-state index in [2.05, 4.69) is 35.3 Å². The van der Waals surface area contributed by atoms with Crippen molar-refractivity contribution in [3.05, 3.63) is 23.8 Å². The van der Waals surface area contributed by atoms with Crippen LogP contribution in [-0.4, -0.2) is 32.2 Å². The minimum absolute atomic E-state index is 0.0522. The van der Waals surface area contributed by atoms with E-state index in [1.807, 2.05) is 4.90 Å². The van der Waals surface area contributed by atoms with Gasteiger partial charge >= 0.3 is 6.03 Å². The lowest BCUT2D eigenvalue weighted by Gasteiger charge is -2.31. The Morgan fingerprint density at radius 1 is 1.19 bits per heavy atom. The normalized spacial score (nSPS) is 17.8. The predicted molar refractivity (Wildman–Crippen MR) is 87.2 cm³/mol. The smallest absolute Gasteiger partial charge is 0.321 e. The van der Waals surface area contributed by atoms with Crippen LogP contribution in [0.15, 0.2) is 18.2 Å². The lowest BCUT2D eigenvalue weighted by Crippen LogP contribution is -2.43. The largest absolute Gasteiger partial charge is 0.371 e. The van der Waals surface area contributed by atoms with Crippen molar-refractivity contribution < 1.29 is 4.79 Å². The van der Waals surface area contributed by atoms with Gasteiger partial charge in [-0.1, -0.05) is 13.0 Å². The van der Waals surface area contributed by atoms with Crippen molar-refractivity contribution in [1.29, 1.82) is 0 Å². The van der Waals surface area contributed by atoms with E-state index in [4.69, 9.17) is 0 Å². The van der Waals surface area contributed by atoms with E-state index in [9.17, 15) is 4.79 Å². The highest BCUT2D eigenvalue weighted by molar-refractivity contribution is 5.94. The number of rotatable bonds is 3. The van der Waals surface area contributed by atoms with E-state index in [1.165, 1.54) is 24.1 Å². The van der Waals surface area contributed by atoms with Crippen LogP contribution in [0.4, 0.5) is 16.2 Å². The standard InChI is InChI=1S/C17H25N3O/c1-2-9-18-17(21)20-12-5-6-14-7-8-15(13-16(14)20)19-10-3-4-11-19/h7-8,13H,2-6,9-12H2,1H3,(H,18,21). The molecule has 2 amide bonds. The van der Waals surface area contributed by atoms with Crippen molar-refractivity contribution in [1.82, 2.24) is 5.32 Å². The lowest BCUT2D eigenvalue weighted by atomic mass is 10.0. The van der Waals surface area contributed by atoms with Gasteiger partial charge in [-0.2, -0.15) is 0 Å². The molecule has 0 radical (unpaired) electrons. The zero-order valence-corrected chi connectivity index (χ0v) is 12.9. The first kappa shape index (κ1) is 14.2. The van der Waals surface area contributed by atoms with Gasteiger partial charge in [-0.05, 0) is 49.8 Å². The van der Waals surface area contributed by atoms with Crippen LogP contribution in [-0.2, 0) is 6.42 Å². The Hall–Kier alpha value is -1.71. The molecule has 1 aromatic carbocycles. The van der Waals surface area contributed by atoms with Gasteiger partial charge in [0.05, 0.1) is 5.69 Å². The Labute approximate surface area is 127 Å². The van der Waals surface area contributed by atoms with E-state index in [0.29, 0.717) is 0 Å². The third-order valence-corrected chi connectivity index (χ3v) is 4.43. The van der Waals surface area contributed by atoms with E-state index in [1.54, 1.807) is 0 Å². The first-order valence-electron chi connectivity index (χ1n) is 8.23. The zero-order chi connectivity index (χ0) is 14.7. The Morgan fingerprint density at radius 2 is 2.00 bits per heavy atom. The Balaban J connectivity index is 1.84. The fourth-order valence-corrected chi connectivity index (χ4v) is 3.27. The van der Waals surface area contributed by atoms with E-state index < -0.39 is 0 Å². The predicted octanol–water partition coefficient (Wildman–Crippen LogP) is 3.16. The van der Waals surface area contributed by atoms with Crippen molar-refractivity contribution >= 4 is 17.4 Å². The van der Waals surface area contributed by atoms with E-state index in [-0.39, 0.29) is 6.03 Å². The number of aryl methyl sites for hydroxylation is 1. The number of urea groups is 1. The van der Waals surface area contributed by atoms with E-state index >= 15 is 0 Å². The molecule has 2 aliphatic rings. The highest BCUT2D eigenvalue weighted by atomic mass is 16.2. The summed E-state index contributed by atoms with van der Waals surface area (Å²) in [6.45, 7) is 5.93. The molecule has 3 rings (SSSR count). The van der Waals surface area contributed by atoms with Crippen LogP contribution in [0, 0.1) is 0 Å². The molecule has 4 nitrogen and oxygen atoms in total. The number of anilines is 2. The van der Waals surface area contributed by atoms with Crippen molar-refractivity contribution in [3.63, 3.8) is 0 Å². The van der Waals surface area contributed by atoms with Gasteiger partial charge in [0.25, 0.3) is 0 Å². The molecule has 1 saturated heterocycles. The van der Waals surface area contributed by atoms with Crippen molar-refractivity contribution in [2.75, 3.05) is 36.0 Å². The number of amides is 2. The second-order valence-electron chi connectivity index (χ2n) is 5.99. The zero-order valence-electron chi connectivity index (χ0n) is 12.9. The summed E-state index contributed by atoms with van der Waals surface area (Å²) in [5.41, 5.74) is 3.68. The first-order valence-corrected chi connectivity index (χ1v) is 8.23. The second kappa shape index (κ2) is 6.37. The summed E-state index contributed by atoms with van der Waals surface area (Å²) in [7, 11) is 0. The topological polar surface area (TPSA) is 35.6 Å². The van der Waals surface area contributed by atoms with Crippen molar-refractivity contribution in [2.24, 2.45) is 0 Å². The molecule has 0 unspecified atom stereocenters. The molecule has 1 N–H and O–H groups in total. The van der Waals surface area contributed by atoms with Gasteiger partial charge in [-0.25, -0.2) is 4.79 Å². The molecule has 1 aromatic rings. The molecule has 0 aliphatic carbocycles. The van der Waals surface area contributed by atoms with Crippen molar-refractivity contribution in [3.8, 4) is 0 Å². The monoisotopic (exact) mass is 287 g/mol. The van der Waals surface area contributed by atoms with Gasteiger partial charge in [-0.15, -0.1) is 0 Å². The summed E-state index contributed by atoms with van der Waals surface area (Å²) < 4.78 is 0. The van der Waals surface area contributed by atoms with Crippen LogP contribution in [0.25, 0.3) is 0 Å². The van der Waals surface area contributed by atoms with Crippen molar-refractivity contribution in [2.45, 2.75) is 39.0 Å². The number of carbonyl (C=O) groups is 1.